The third kappa shape index (κ3) is 2.03. The van der Waals surface area contributed by atoms with Crippen molar-refractivity contribution in [1.29, 1.82) is 0 Å². The van der Waals surface area contributed by atoms with Crippen LogP contribution < -0.4 is 0 Å². The molecule has 0 fully saturated rings. The fourth-order valence-electron chi connectivity index (χ4n) is 1.73. The lowest BCUT2D eigenvalue weighted by atomic mass is 10.2. The molecule has 0 amide bonds. The van der Waals surface area contributed by atoms with Crippen LogP contribution in [0.1, 0.15) is 5.56 Å². The maximum atomic E-state index is 9.02. The van der Waals surface area contributed by atoms with Gasteiger partial charge in [0, 0.05) is 25.4 Å². The summed E-state index contributed by atoms with van der Waals surface area (Å²) < 4.78 is 7.20. The summed E-state index contributed by atoms with van der Waals surface area (Å²) in [4.78, 5) is 0. The van der Waals surface area contributed by atoms with Crippen LogP contribution in [-0.2, 0) is 17.9 Å². The van der Waals surface area contributed by atoms with Gasteiger partial charge < -0.3 is 14.4 Å². The lowest BCUT2D eigenvalue weighted by molar-refractivity contribution is 0.188. The number of fused-ring (bicyclic) bond motifs is 1. The first-order chi connectivity index (χ1) is 7.35. The minimum Gasteiger partial charge on any atom is -0.392 e. The van der Waals surface area contributed by atoms with E-state index in [-0.39, 0.29) is 6.61 Å². The molecule has 0 atom stereocenters. The lowest BCUT2D eigenvalue weighted by Crippen LogP contribution is -2.02. The van der Waals surface area contributed by atoms with Gasteiger partial charge in [0.2, 0.25) is 0 Å². The van der Waals surface area contributed by atoms with Crippen molar-refractivity contribution in [3.8, 4) is 0 Å². The maximum Gasteiger partial charge on any atom is 0.0682 e. The maximum absolute atomic E-state index is 9.02. The smallest absolute Gasteiger partial charge is 0.0682 e. The largest absolute Gasteiger partial charge is 0.392 e. The van der Waals surface area contributed by atoms with E-state index in [1.807, 2.05) is 24.4 Å². The summed E-state index contributed by atoms with van der Waals surface area (Å²) in [5.41, 5.74) is 2.14. The number of benzene rings is 1. The van der Waals surface area contributed by atoms with Crippen LogP contribution in [0.2, 0.25) is 0 Å². The van der Waals surface area contributed by atoms with Crippen LogP contribution in [0.3, 0.4) is 0 Å². The highest BCUT2D eigenvalue weighted by molar-refractivity contribution is 5.80. The van der Waals surface area contributed by atoms with Crippen LogP contribution in [0.4, 0.5) is 0 Å². The molecule has 0 bridgehead atoms. The van der Waals surface area contributed by atoms with Crippen LogP contribution in [-0.4, -0.2) is 23.4 Å². The number of aliphatic hydroxyl groups excluding tert-OH is 1. The summed E-state index contributed by atoms with van der Waals surface area (Å²) in [6.45, 7) is 1.67. The standard InChI is InChI=1S/C12H15NO2/c1-15-7-6-13-5-4-11-8-10(9-14)2-3-12(11)13/h2-5,8,14H,6-7,9H2,1H3. The summed E-state index contributed by atoms with van der Waals surface area (Å²) in [6, 6.07) is 8.06. The van der Waals surface area contributed by atoms with Crippen molar-refractivity contribution >= 4 is 10.9 Å². The quantitative estimate of drug-likeness (QED) is 0.825. The minimum absolute atomic E-state index is 0.0964. The number of hydrogen-bond acceptors (Lipinski definition) is 2. The molecule has 1 heterocycles. The Morgan fingerprint density at radius 3 is 2.93 bits per heavy atom. The molecule has 80 valence electrons. The van der Waals surface area contributed by atoms with Crippen LogP contribution >= 0.6 is 0 Å². The Labute approximate surface area is 88.9 Å². The van der Waals surface area contributed by atoms with E-state index in [0.29, 0.717) is 6.61 Å². The number of hydrogen-bond donors (Lipinski definition) is 1. The van der Waals surface area contributed by atoms with E-state index in [9.17, 15) is 0 Å². The summed E-state index contributed by atoms with van der Waals surface area (Å²) in [5, 5.41) is 10.2. The van der Waals surface area contributed by atoms with Crippen molar-refractivity contribution in [1.82, 2.24) is 4.57 Å². The molecule has 0 radical (unpaired) electrons. The average Bonchev–Trinajstić information content (AvgIpc) is 2.68. The van der Waals surface area contributed by atoms with Crippen LogP contribution in [0.15, 0.2) is 30.5 Å². The SMILES string of the molecule is COCCn1ccc2cc(CO)ccc21. The Kier molecular flexibility index (Phi) is 3.04. The lowest BCUT2D eigenvalue weighted by Gasteiger charge is -2.04. The van der Waals surface area contributed by atoms with Crippen LogP contribution in [0, 0.1) is 0 Å². The molecule has 0 aliphatic carbocycles. The van der Waals surface area contributed by atoms with Crippen molar-refractivity contribution in [2.24, 2.45) is 0 Å². The predicted molar refractivity (Wildman–Crippen MR) is 59.7 cm³/mol. The minimum atomic E-state index is 0.0964. The van der Waals surface area contributed by atoms with E-state index in [4.69, 9.17) is 9.84 Å². The molecule has 3 heteroatoms. The highest BCUT2D eigenvalue weighted by Crippen LogP contribution is 2.17. The normalized spacial score (nSPS) is 11.1. The van der Waals surface area contributed by atoms with Crippen molar-refractivity contribution in [2.45, 2.75) is 13.2 Å². The zero-order valence-corrected chi connectivity index (χ0v) is 8.81. The highest BCUT2D eigenvalue weighted by atomic mass is 16.5. The Bertz CT molecular complexity index is 448. The van der Waals surface area contributed by atoms with E-state index in [1.54, 1.807) is 7.11 Å². The van der Waals surface area contributed by atoms with Gasteiger partial charge >= 0.3 is 0 Å². The number of methoxy groups -OCH3 is 1. The molecule has 2 aromatic rings. The van der Waals surface area contributed by atoms with Crippen molar-refractivity contribution in [2.75, 3.05) is 13.7 Å². The molecule has 1 aromatic heterocycles. The second-order valence-electron chi connectivity index (χ2n) is 3.55. The molecular weight excluding hydrogens is 190 g/mol. The second-order valence-corrected chi connectivity index (χ2v) is 3.55. The zero-order valence-electron chi connectivity index (χ0n) is 8.81. The number of ether oxygens (including phenoxy) is 1. The Hall–Kier alpha value is -1.32. The predicted octanol–water partition coefficient (Wildman–Crippen LogP) is 1.78. The Balaban J connectivity index is 2.34. The molecule has 0 spiro atoms. The number of aromatic nitrogens is 1. The van der Waals surface area contributed by atoms with E-state index in [0.717, 1.165) is 17.5 Å². The molecule has 15 heavy (non-hydrogen) atoms. The van der Waals surface area contributed by atoms with Crippen molar-refractivity contribution in [3.05, 3.63) is 36.0 Å². The summed E-state index contributed by atoms with van der Waals surface area (Å²) in [6.07, 6.45) is 2.05. The second kappa shape index (κ2) is 4.47. The third-order valence-electron chi connectivity index (χ3n) is 2.55. The molecule has 0 aliphatic heterocycles. The summed E-state index contributed by atoms with van der Waals surface area (Å²) >= 11 is 0. The van der Waals surface area contributed by atoms with Crippen molar-refractivity contribution in [3.63, 3.8) is 0 Å². The topological polar surface area (TPSA) is 34.4 Å². The van der Waals surface area contributed by atoms with Gasteiger partial charge in [-0.1, -0.05) is 6.07 Å². The van der Waals surface area contributed by atoms with Crippen LogP contribution in [0.25, 0.3) is 10.9 Å². The molecule has 1 N–H and O–H groups in total. The third-order valence-corrected chi connectivity index (χ3v) is 2.55. The first-order valence-corrected chi connectivity index (χ1v) is 5.02. The van der Waals surface area contributed by atoms with Gasteiger partial charge in [-0.2, -0.15) is 0 Å². The molecule has 0 saturated carbocycles. The number of nitrogens with zero attached hydrogens (tertiary/aromatic N) is 1. The van der Waals surface area contributed by atoms with Crippen LogP contribution in [0.5, 0.6) is 0 Å². The van der Waals surface area contributed by atoms with Gasteiger partial charge in [-0.05, 0) is 29.1 Å². The molecule has 3 nitrogen and oxygen atoms in total. The van der Waals surface area contributed by atoms with Gasteiger partial charge in [0.1, 0.15) is 0 Å². The molecule has 0 aliphatic rings. The van der Waals surface area contributed by atoms with Gasteiger partial charge in [0.25, 0.3) is 0 Å². The van der Waals surface area contributed by atoms with Gasteiger partial charge in [-0.25, -0.2) is 0 Å². The van der Waals surface area contributed by atoms with Crippen molar-refractivity contribution < 1.29 is 9.84 Å². The molecule has 0 unspecified atom stereocenters. The zero-order chi connectivity index (χ0) is 10.7. The van der Waals surface area contributed by atoms with Gasteiger partial charge in [0.05, 0.1) is 13.2 Å². The van der Waals surface area contributed by atoms with E-state index in [1.165, 1.54) is 5.52 Å². The number of rotatable bonds is 4. The Morgan fingerprint density at radius 1 is 1.33 bits per heavy atom. The fraction of sp³-hybridized carbons (Fsp3) is 0.333. The average molecular weight is 205 g/mol. The van der Waals surface area contributed by atoms with E-state index < -0.39 is 0 Å². The van der Waals surface area contributed by atoms with E-state index in [2.05, 4.69) is 10.6 Å². The summed E-state index contributed by atoms with van der Waals surface area (Å²) in [5.74, 6) is 0. The highest BCUT2D eigenvalue weighted by Gasteiger charge is 2.01. The molecular formula is C12H15NO2. The molecule has 2 rings (SSSR count). The summed E-state index contributed by atoms with van der Waals surface area (Å²) in [7, 11) is 1.70. The monoisotopic (exact) mass is 205 g/mol. The van der Waals surface area contributed by atoms with Gasteiger partial charge in [0.15, 0.2) is 0 Å². The molecule has 1 aromatic carbocycles. The first kappa shape index (κ1) is 10.2. The number of aliphatic hydroxyl groups is 1. The van der Waals surface area contributed by atoms with Gasteiger partial charge in [-0.3, -0.25) is 0 Å². The first-order valence-electron chi connectivity index (χ1n) is 5.02. The fourth-order valence-corrected chi connectivity index (χ4v) is 1.73. The Morgan fingerprint density at radius 2 is 2.20 bits per heavy atom. The van der Waals surface area contributed by atoms with E-state index >= 15 is 0 Å². The molecule has 0 saturated heterocycles. The van der Waals surface area contributed by atoms with Gasteiger partial charge in [-0.15, -0.1) is 0 Å².